The second-order valence-electron chi connectivity index (χ2n) is 11.9. The van der Waals surface area contributed by atoms with Crippen LogP contribution in [0.3, 0.4) is 0 Å². The van der Waals surface area contributed by atoms with Crippen LogP contribution in [0.5, 0.6) is 0 Å². The second kappa shape index (κ2) is 11.8. The molecule has 9 nitrogen and oxygen atoms in total. The van der Waals surface area contributed by atoms with Crippen molar-refractivity contribution in [3.05, 3.63) is 0 Å². The fourth-order valence-electron chi connectivity index (χ4n) is 6.92. The predicted octanol–water partition coefficient (Wildman–Crippen LogP) is 2.16. The molecule has 2 heterocycles. The van der Waals surface area contributed by atoms with Gasteiger partial charge in [-0.3, -0.25) is 14.9 Å². The summed E-state index contributed by atoms with van der Waals surface area (Å²) in [7, 11) is 0. The summed E-state index contributed by atoms with van der Waals surface area (Å²) in [5.74, 6) is -0.278. The van der Waals surface area contributed by atoms with Crippen molar-refractivity contribution in [3.63, 3.8) is 0 Å². The van der Waals surface area contributed by atoms with Crippen molar-refractivity contribution < 1.29 is 41.8 Å². The highest BCUT2D eigenvalue weighted by Crippen LogP contribution is 2.54. The molecule has 39 heavy (non-hydrogen) atoms. The maximum atomic E-state index is 13.9. The second-order valence-corrected chi connectivity index (χ2v) is 12.5. The number of piperidine rings is 1. The quantitative estimate of drug-likeness (QED) is 0.217. The van der Waals surface area contributed by atoms with E-state index < -0.39 is 59.3 Å². The Balaban J connectivity index is 1.06. The summed E-state index contributed by atoms with van der Waals surface area (Å²) in [4.78, 5) is 18.5. The van der Waals surface area contributed by atoms with Gasteiger partial charge in [0.25, 0.3) is 0 Å². The minimum absolute atomic E-state index is 0.132. The maximum absolute atomic E-state index is 13.9. The van der Waals surface area contributed by atoms with E-state index in [0.717, 1.165) is 0 Å². The molecule has 2 saturated heterocycles. The molecule has 6 aliphatic rings. The molecule has 5 N–H and O–H groups in total. The van der Waals surface area contributed by atoms with E-state index in [2.05, 4.69) is 21.4 Å². The van der Waals surface area contributed by atoms with Crippen LogP contribution in [0.25, 0.3) is 0 Å². The number of carbonyl (C=O) groups is 1. The average molecular weight is 587 g/mol. The van der Waals surface area contributed by atoms with E-state index in [4.69, 9.17) is 25.9 Å². The zero-order chi connectivity index (χ0) is 27.8. The van der Waals surface area contributed by atoms with Gasteiger partial charge in [0.1, 0.15) is 31.2 Å². The molecule has 2 bridgehead atoms. The van der Waals surface area contributed by atoms with Gasteiger partial charge in [-0.1, -0.05) is 0 Å². The van der Waals surface area contributed by atoms with E-state index in [1.165, 1.54) is 0 Å². The number of fused-ring (bicyclic) bond motifs is 3. The van der Waals surface area contributed by atoms with Crippen LogP contribution in [-0.4, -0.2) is 90.8 Å². The monoisotopic (exact) mass is 586 g/mol. The molecular formula is C25H39ClF4N4O5. The Kier molecular flexibility index (Phi) is 9.00. The van der Waals surface area contributed by atoms with Crippen LogP contribution in [0.1, 0.15) is 64.2 Å². The van der Waals surface area contributed by atoms with Gasteiger partial charge in [0.15, 0.2) is 0 Å². The molecule has 1 amide bonds. The molecular weight excluding hydrogens is 548 g/mol. The van der Waals surface area contributed by atoms with Crippen molar-refractivity contribution in [1.29, 1.82) is 0 Å². The van der Waals surface area contributed by atoms with Gasteiger partial charge in [-0.2, -0.15) is 18.7 Å². The summed E-state index contributed by atoms with van der Waals surface area (Å²) in [6.45, 7) is 0.215. The molecule has 8 unspecified atom stereocenters. The van der Waals surface area contributed by atoms with E-state index in [0.29, 0.717) is 51.4 Å². The van der Waals surface area contributed by atoms with Gasteiger partial charge in [-0.25, -0.2) is 4.39 Å². The first kappa shape index (κ1) is 29.7. The highest BCUT2D eigenvalue weighted by atomic mass is 35.5. The number of rotatable bonds is 8. The van der Waals surface area contributed by atoms with Crippen LogP contribution in [0, 0.1) is 5.41 Å². The zero-order valence-corrected chi connectivity index (χ0v) is 22.5. The minimum Gasteiger partial charge on any atom is -0.392 e. The van der Waals surface area contributed by atoms with Crippen LogP contribution < -0.4 is 21.4 Å². The highest BCUT2D eigenvalue weighted by Gasteiger charge is 2.59. The van der Waals surface area contributed by atoms with Gasteiger partial charge < -0.3 is 25.2 Å². The third-order valence-electron chi connectivity index (χ3n) is 9.34. The molecule has 4 aliphatic carbocycles. The molecule has 14 heteroatoms. The highest BCUT2D eigenvalue weighted by molar-refractivity contribution is 6.21. The lowest BCUT2D eigenvalue weighted by Crippen LogP contribution is -2.66. The summed E-state index contributed by atoms with van der Waals surface area (Å²) in [6, 6.07) is -1.57. The molecule has 2 aliphatic heterocycles. The standard InChI is InChI=1S/C25H39ClF4N4O5/c26-16-2-1-14(9-17(16)27)38-13-21(36)33-23-4-6-24(7-5-23,19(35)11-23)22-32-20(34-39-22)12-37-15-3-8-31-18(10-15)25(28,29)30/h14-20,22,31-32,34-35H,1-13H2,(H,33,36). The third-order valence-corrected chi connectivity index (χ3v) is 9.83. The van der Waals surface area contributed by atoms with E-state index in [9.17, 15) is 27.5 Å². The molecule has 0 spiro atoms. The number of hydroxylamine groups is 1. The first-order valence-corrected chi connectivity index (χ1v) is 14.4. The topological polar surface area (TPSA) is 113 Å². The first-order chi connectivity index (χ1) is 18.5. The van der Waals surface area contributed by atoms with Crippen molar-refractivity contribution in [2.24, 2.45) is 5.41 Å². The largest absolute Gasteiger partial charge is 0.403 e. The number of halogens is 5. The lowest BCUT2D eigenvalue weighted by atomic mass is 9.55. The Labute approximate surface area is 230 Å². The van der Waals surface area contributed by atoms with Crippen molar-refractivity contribution in [3.8, 4) is 0 Å². The number of hydrogen-bond donors (Lipinski definition) is 5. The molecule has 6 fully saturated rings. The molecule has 0 aromatic heterocycles. The van der Waals surface area contributed by atoms with Crippen molar-refractivity contribution in [2.45, 2.75) is 124 Å². The molecule has 4 saturated carbocycles. The SMILES string of the molecule is O=C(COC1CCC(Cl)C(F)C1)NC12CCC(C3NC(COC4CCNC(C(F)(F)F)C4)NO3)(CC1)C(O)C2. The van der Waals surface area contributed by atoms with E-state index in [1.54, 1.807) is 0 Å². The summed E-state index contributed by atoms with van der Waals surface area (Å²) in [5.41, 5.74) is 1.78. The number of hydrogen-bond acceptors (Lipinski definition) is 8. The Morgan fingerprint density at radius 2 is 1.85 bits per heavy atom. The predicted molar refractivity (Wildman–Crippen MR) is 132 cm³/mol. The Hall–Kier alpha value is -0.800. The van der Waals surface area contributed by atoms with Crippen LogP contribution in [0.4, 0.5) is 17.6 Å². The van der Waals surface area contributed by atoms with Gasteiger partial charge in [-0.05, 0) is 64.3 Å². The minimum atomic E-state index is -4.30. The Morgan fingerprint density at radius 1 is 1.10 bits per heavy atom. The first-order valence-electron chi connectivity index (χ1n) is 14.0. The van der Waals surface area contributed by atoms with Crippen LogP contribution in [0.2, 0.25) is 0 Å². The van der Waals surface area contributed by atoms with Crippen molar-refractivity contribution in [1.82, 2.24) is 21.4 Å². The van der Waals surface area contributed by atoms with Gasteiger partial charge in [0.2, 0.25) is 5.91 Å². The van der Waals surface area contributed by atoms with Gasteiger partial charge >= 0.3 is 6.18 Å². The van der Waals surface area contributed by atoms with Crippen LogP contribution in [-0.2, 0) is 19.1 Å². The van der Waals surface area contributed by atoms with E-state index in [1.807, 2.05) is 0 Å². The summed E-state index contributed by atoms with van der Waals surface area (Å²) < 4.78 is 64.4. The molecule has 6 rings (SSSR count). The number of nitrogens with one attached hydrogen (secondary N) is 4. The Bertz CT molecular complexity index is 865. The third kappa shape index (κ3) is 6.66. The molecule has 8 atom stereocenters. The lowest BCUT2D eigenvalue weighted by Gasteiger charge is -2.57. The Morgan fingerprint density at radius 3 is 2.54 bits per heavy atom. The maximum Gasteiger partial charge on any atom is 0.403 e. The molecule has 0 aromatic rings. The van der Waals surface area contributed by atoms with Crippen molar-refractivity contribution >= 4 is 17.5 Å². The van der Waals surface area contributed by atoms with Gasteiger partial charge in [0, 0.05) is 17.4 Å². The number of alkyl halides is 5. The number of carbonyl (C=O) groups excluding carboxylic acids is 1. The number of aliphatic hydroxyl groups excluding tert-OH is 1. The van der Waals surface area contributed by atoms with E-state index in [-0.39, 0.29) is 44.6 Å². The summed E-state index contributed by atoms with van der Waals surface area (Å²) in [5, 5.41) is 19.5. The summed E-state index contributed by atoms with van der Waals surface area (Å²) >= 11 is 5.92. The molecule has 0 radical (unpaired) electrons. The number of amides is 1. The number of ether oxygens (including phenoxy) is 2. The number of aliphatic hydroxyl groups is 1. The fourth-order valence-corrected chi connectivity index (χ4v) is 7.15. The smallest absolute Gasteiger partial charge is 0.392 e. The zero-order valence-electron chi connectivity index (χ0n) is 21.8. The average Bonchev–Trinajstić information content (AvgIpc) is 3.38. The molecule has 0 aromatic carbocycles. The lowest BCUT2D eigenvalue weighted by molar-refractivity contribution is -0.177. The fraction of sp³-hybridized carbons (Fsp3) is 0.960. The summed E-state index contributed by atoms with van der Waals surface area (Å²) in [6.07, 6.45) is -3.30. The molecule has 224 valence electrons. The van der Waals surface area contributed by atoms with Crippen molar-refractivity contribution in [2.75, 3.05) is 19.8 Å². The van der Waals surface area contributed by atoms with Gasteiger partial charge in [-0.15, -0.1) is 11.6 Å². The van der Waals surface area contributed by atoms with E-state index >= 15 is 0 Å². The normalized spacial score (nSPS) is 44.9. The van der Waals surface area contributed by atoms with Gasteiger partial charge in [0.05, 0.1) is 30.3 Å². The van der Waals surface area contributed by atoms with Crippen LogP contribution in [0.15, 0.2) is 0 Å². The van der Waals surface area contributed by atoms with Crippen LogP contribution >= 0.6 is 11.6 Å².